The third-order valence-electron chi connectivity index (χ3n) is 3.82. The summed E-state index contributed by atoms with van der Waals surface area (Å²) >= 11 is 0. The largest absolute Gasteiger partial charge is 0.396 e. The molecule has 0 aliphatic carbocycles. The van der Waals surface area contributed by atoms with Gasteiger partial charge >= 0.3 is 0 Å². The zero-order valence-corrected chi connectivity index (χ0v) is 11.8. The van der Waals surface area contributed by atoms with Crippen molar-refractivity contribution < 1.29 is 5.11 Å². The molecule has 0 bridgehead atoms. The van der Waals surface area contributed by atoms with Crippen LogP contribution >= 0.6 is 0 Å². The predicted octanol–water partition coefficient (Wildman–Crippen LogP) is 1.92. The van der Waals surface area contributed by atoms with Gasteiger partial charge in [-0.1, -0.05) is 13.8 Å². The number of aliphatic hydroxyl groups excluding tert-OH is 1. The number of rotatable bonds is 5. The molecule has 1 saturated heterocycles. The van der Waals surface area contributed by atoms with Gasteiger partial charge in [0.2, 0.25) is 0 Å². The van der Waals surface area contributed by atoms with Gasteiger partial charge in [-0.05, 0) is 31.6 Å². The molecule has 1 fully saturated rings. The van der Waals surface area contributed by atoms with Gasteiger partial charge in [-0.15, -0.1) is 0 Å². The number of anilines is 2. The van der Waals surface area contributed by atoms with Crippen molar-refractivity contribution in [2.24, 2.45) is 0 Å². The smallest absolute Gasteiger partial charge is 0.137 e. The number of aliphatic hydroxyl groups is 1. The molecule has 1 aromatic heterocycles. The first-order valence-electron chi connectivity index (χ1n) is 7.13. The number of nitrogens with zero attached hydrogens (tertiary/aromatic N) is 3. The van der Waals surface area contributed by atoms with Crippen LogP contribution in [-0.2, 0) is 0 Å². The van der Waals surface area contributed by atoms with Gasteiger partial charge in [0.25, 0.3) is 0 Å². The minimum Gasteiger partial charge on any atom is -0.396 e. The van der Waals surface area contributed by atoms with Crippen molar-refractivity contribution in [2.75, 3.05) is 23.8 Å². The van der Waals surface area contributed by atoms with E-state index in [0.717, 1.165) is 30.8 Å². The van der Waals surface area contributed by atoms with Gasteiger partial charge in [0.05, 0.1) is 0 Å². The van der Waals surface area contributed by atoms with Crippen LogP contribution in [0.4, 0.5) is 11.6 Å². The van der Waals surface area contributed by atoms with E-state index < -0.39 is 0 Å². The standard InChI is InChI=1S/C14H24N4O/c1-10(2)12-13(15)16-9-17-14(12)18-7-3-5-11(18)6-4-8-19/h9-11,19H,3-8H2,1-2H3,(H2,15,16,17). The molecule has 1 aromatic rings. The van der Waals surface area contributed by atoms with Gasteiger partial charge in [-0.2, -0.15) is 0 Å². The van der Waals surface area contributed by atoms with E-state index in [1.165, 1.54) is 12.8 Å². The fraction of sp³-hybridized carbons (Fsp3) is 0.714. The Morgan fingerprint density at radius 2 is 2.26 bits per heavy atom. The van der Waals surface area contributed by atoms with Gasteiger partial charge in [0.15, 0.2) is 0 Å². The normalized spacial score (nSPS) is 19.4. The lowest BCUT2D eigenvalue weighted by Gasteiger charge is -2.28. The third-order valence-corrected chi connectivity index (χ3v) is 3.82. The van der Waals surface area contributed by atoms with E-state index in [2.05, 4.69) is 28.7 Å². The van der Waals surface area contributed by atoms with Crippen LogP contribution < -0.4 is 10.6 Å². The van der Waals surface area contributed by atoms with Crippen LogP contribution in [0.1, 0.15) is 51.0 Å². The Kier molecular flexibility index (Phi) is 4.58. The summed E-state index contributed by atoms with van der Waals surface area (Å²) in [4.78, 5) is 10.9. The molecule has 0 spiro atoms. The molecule has 106 valence electrons. The first-order chi connectivity index (χ1) is 9.15. The molecule has 1 atom stereocenters. The van der Waals surface area contributed by atoms with Crippen LogP contribution in [0.2, 0.25) is 0 Å². The molecule has 5 heteroatoms. The van der Waals surface area contributed by atoms with Gasteiger partial charge in [-0.3, -0.25) is 0 Å². The highest BCUT2D eigenvalue weighted by Gasteiger charge is 2.28. The Morgan fingerprint density at radius 1 is 1.47 bits per heavy atom. The van der Waals surface area contributed by atoms with Crippen LogP contribution in [0.5, 0.6) is 0 Å². The van der Waals surface area contributed by atoms with E-state index in [4.69, 9.17) is 10.8 Å². The van der Waals surface area contributed by atoms with Crippen molar-refractivity contribution >= 4 is 11.6 Å². The number of aromatic nitrogens is 2. The summed E-state index contributed by atoms with van der Waals surface area (Å²) in [6, 6.07) is 0.471. The molecular weight excluding hydrogens is 240 g/mol. The van der Waals surface area contributed by atoms with E-state index in [1.807, 2.05) is 0 Å². The summed E-state index contributed by atoms with van der Waals surface area (Å²) in [5.74, 6) is 1.89. The van der Waals surface area contributed by atoms with Gasteiger partial charge in [0.1, 0.15) is 18.0 Å². The number of nitrogen functional groups attached to an aromatic ring is 1. The number of nitrogens with two attached hydrogens (primary N) is 1. The molecule has 1 aliphatic rings. The van der Waals surface area contributed by atoms with Crippen LogP contribution in [0, 0.1) is 0 Å². The topological polar surface area (TPSA) is 75.3 Å². The highest BCUT2D eigenvalue weighted by molar-refractivity contribution is 5.59. The maximum atomic E-state index is 9.01. The van der Waals surface area contributed by atoms with Crippen LogP contribution in [0.25, 0.3) is 0 Å². The van der Waals surface area contributed by atoms with E-state index in [-0.39, 0.29) is 6.61 Å². The summed E-state index contributed by atoms with van der Waals surface area (Å²) < 4.78 is 0. The minimum absolute atomic E-state index is 0.257. The molecule has 0 radical (unpaired) electrons. The fourth-order valence-electron chi connectivity index (χ4n) is 2.92. The number of hydrogen-bond donors (Lipinski definition) is 2. The fourth-order valence-corrected chi connectivity index (χ4v) is 2.92. The minimum atomic E-state index is 0.257. The molecule has 1 aliphatic heterocycles. The van der Waals surface area contributed by atoms with Gasteiger partial charge in [-0.25, -0.2) is 9.97 Å². The molecule has 1 unspecified atom stereocenters. The highest BCUT2D eigenvalue weighted by atomic mass is 16.2. The SMILES string of the molecule is CC(C)c1c(N)ncnc1N1CCCC1CCCO. The Bertz CT molecular complexity index is 422. The Balaban J connectivity index is 2.27. The molecule has 19 heavy (non-hydrogen) atoms. The molecule has 0 saturated carbocycles. The summed E-state index contributed by atoms with van der Waals surface area (Å²) in [5.41, 5.74) is 7.07. The predicted molar refractivity (Wildman–Crippen MR) is 77.2 cm³/mol. The zero-order chi connectivity index (χ0) is 13.8. The Labute approximate surface area is 114 Å². The maximum Gasteiger partial charge on any atom is 0.137 e. The Morgan fingerprint density at radius 3 is 2.95 bits per heavy atom. The second-order valence-corrected chi connectivity index (χ2v) is 5.51. The van der Waals surface area contributed by atoms with Crippen LogP contribution in [0.15, 0.2) is 6.33 Å². The lowest BCUT2D eigenvalue weighted by atomic mass is 10.0. The van der Waals surface area contributed by atoms with E-state index in [9.17, 15) is 0 Å². The molecule has 0 amide bonds. The molecule has 2 heterocycles. The molecule has 0 aromatic carbocycles. The average molecular weight is 264 g/mol. The summed E-state index contributed by atoms with van der Waals surface area (Å²) in [6.07, 6.45) is 5.76. The molecule has 3 N–H and O–H groups in total. The monoisotopic (exact) mass is 264 g/mol. The van der Waals surface area contributed by atoms with Crippen molar-refractivity contribution in [1.29, 1.82) is 0 Å². The maximum absolute atomic E-state index is 9.01. The van der Waals surface area contributed by atoms with Gasteiger partial charge < -0.3 is 15.7 Å². The van der Waals surface area contributed by atoms with Gasteiger partial charge in [0, 0.05) is 24.8 Å². The zero-order valence-electron chi connectivity index (χ0n) is 11.8. The van der Waals surface area contributed by atoms with Crippen molar-refractivity contribution in [3.63, 3.8) is 0 Å². The molecule has 2 rings (SSSR count). The van der Waals surface area contributed by atoms with E-state index in [1.54, 1.807) is 6.33 Å². The molecular formula is C14H24N4O. The van der Waals surface area contributed by atoms with Crippen LogP contribution in [-0.4, -0.2) is 34.3 Å². The van der Waals surface area contributed by atoms with Crippen molar-refractivity contribution in [2.45, 2.75) is 51.5 Å². The second kappa shape index (κ2) is 6.19. The average Bonchev–Trinajstić information content (AvgIpc) is 2.83. The van der Waals surface area contributed by atoms with Crippen molar-refractivity contribution in [3.05, 3.63) is 11.9 Å². The van der Waals surface area contributed by atoms with Crippen LogP contribution in [0.3, 0.4) is 0 Å². The lowest BCUT2D eigenvalue weighted by Crippen LogP contribution is -2.31. The molecule has 5 nitrogen and oxygen atoms in total. The summed E-state index contributed by atoms with van der Waals surface area (Å²) in [6.45, 7) is 5.52. The quantitative estimate of drug-likeness (QED) is 0.850. The van der Waals surface area contributed by atoms with Crippen molar-refractivity contribution in [3.8, 4) is 0 Å². The lowest BCUT2D eigenvalue weighted by molar-refractivity contribution is 0.279. The second-order valence-electron chi connectivity index (χ2n) is 5.51. The van der Waals surface area contributed by atoms with E-state index in [0.29, 0.717) is 17.8 Å². The third kappa shape index (κ3) is 2.97. The first kappa shape index (κ1) is 14.1. The first-order valence-corrected chi connectivity index (χ1v) is 7.13. The Hall–Kier alpha value is -1.36. The van der Waals surface area contributed by atoms with E-state index >= 15 is 0 Å². The highest BCUT2D eigenvalue weighted by Crippen LogP contribution is 2.34. The van der Waals surface area contributed by atoms with Crippen molar-refractivity contribution in [1.82, 2.24) is 9.97 Å². The summed E-state index contributed by atoms with van der Waals surface area (Å²) in [7, 11) is 0. The summed E-state index contributed by atoms with van der Waals surface area (Å²) in [5, 5.41) is 9.01. The number of hydrogen-bond acceptors (Lipinski definition) is 5.